The van der Waals surface area contributed by atoms with Gasteiger partial charge in [0.15, 0.2) is 5.76 Å². The van der Waals surface area contributed by atoms with E-state index in [0.29, 0.717) is 18.7 Å². The molecule has 1 unspecified atom stereocenters. The van der Waals surface area contributed by atoms with Gasteiger partial charge in [0.1, 0.15) is 6.04 Å². The van der Waals surface area contributed by atoms with Crippen molar-refractivity contribution in [3.63, 3.8) is 0 Å². The van der Waals surface area contributed by atoms with Crippen molar-refractivity contribution in [3.8, 4) is 0 Å². The molecule has 22 heavy (non-hydrogen) atoms. The van der Waals surface area contributed by atoms with Crippen LogP contribution in [0, 0.1) is 0 Å². The molecule has 1 atom stereocenters. The average molecular weight is 363 g/mol. The first-order chi connectivity index (χ1) is 10.6. The van der Waals surface area contributed by atoms with Gasteiger partial charge in [0, 0.05) is 16.7 Å². The fourth-order valence-corrected chi connectivity index (χ4v) is 2.85. The van der Waals surface area contributed by atoms with Gasteiger partial charge >= 0.3 is 0 Å². The van der Waals surface area contributed by atoms with Crippen LogP contribution in [0.4, 0.5) is 5.69 Å². The van der Waals surface area contributed by atoms with Gasteiger partial charge in [-0.05, 0) is 49.2 Å². The number of furan rings is 1. The van der Waals surface area contributed by atoms with Crippen LogP contribution in [0.1, 0.15) is 23.4 Å². The van der Waals surface area contributed by atoms with Gasteiger partial charge in [-0.3, -0.25) is 9.59 Å². The molecule has 114 valence electrons. The second-order valence-corrected chi connectivity index (χ2v) is 6.05. The standard InChI is InChI=1S/C16H15BrN2O3/c17-11-5-7-12(8-6-11)18-15(20)13-3-1-9-19(13)16(21)14-4-2-10-22-14/h2,4-8,10,13H,1,3,9H2,(H,18,20). The number of nitrogens with zero attached hydrogens (tertiary/aromatic N) is 1. The summed E-state index contributed by atoms with van der Waals surface area (Å²) in [4.78, 5) is 26.4. The van der Waals surface area contributed by atoms with Crippen molar-refractivity contribution in [2.24, 2.45) is 0 Å². The molecule has 2 aromatic rings. The Hall–Kier alpha value is -2.08. The number of hydrogen-bond acceptors (Lipinski definition) is 3. The van der Waals surface area contributed by atoms with E-state index in [-0.39, 0.29) is 17.6 Å². The Morgan fingerprint density at radius 2 is 2.00 bits per heavy atom. The lowest BCUT2D eigenvalue weighted by Crippen LogP contribution is -2.43. The van der Waals surface area contributed by atoms with E-state index in [2.05, 4.69) is 21.2 Å². The third-order valence-electron chi connectivity index (χ3n) is 3.66. The molecule has 0 spiro atoms. The second kappa shape index (κ2) is 6.36. The van der Waals surface area contributed by atoms with Gasteiger partial charge in [-0.1, -0.05) is 15.9 Å². The minimum absolute atomic E-state index is 0.167. The first-order valence-electron chi connectivity index (χ1n) is 7.06. The third-order valence-corrected chi connectivity index (χ3v) is 4.19. The number of carbonyl (C=O) groups is 2. The Bertz CT molecular complexity index is 667. The molecule has 1 aromatic heterocycles. The Labute approximate surface area is 136 Å². The molecule has 1 aliphatic rings. The normalized spacial score (nSPS) is 17.5. The van der Waals surface area contributed by atoms with Crippen molar-refractivity contribution in [1.29, 1.82) is 0 Å². The summed E-state index contributed by atoms with van der Waals surface area (Å²) in [5.41, 5.74) is 0.713. The Balaban J connectivity index is 1.71. The molecule has 6 heteroatoms. The molecule has 1 aromatic carbocycles. The van der Waals surface area contributed by atoms with Crippen molar-refractivity contribution in [1.82, 2.24) is 4.90 Å². The molecule has 1 N–H and O–H groups in total. The lowest BCUT2D eigenvalue weighted by atomic mass is 10.2. The van der Waals surface area contributed by atoms with Gasteiger partial charge in [-0.2, -0.15) is 0 Å². The third kappa shape index (κ3) is 3.06. The smallest absolute Gasteiger partial charge is 0.290 e. The van der Waals surface area contributed by atoms with E-state index in [1.54, 1.807) is 17.0 Å². The predicted octanol–water partition coefficient (Wildman–Crippen LogP) is 3.29. The number of benzene rings is 1. The molecule has 1 saturated heterocycles. The van der Waals surface area contributed by atoms with Crippen LogP contribution in [0.2, 0.25) is 0 Å². The van der Waals surface area contributed by atoms with Gasteiger partial charge in [0.05, 0.1) is 6.26 Å². The summed E-state index contributed by atoms with van der Waals surface area (Å²) in [6, 6.07) is 10.2. The zero-order valence-corrected chi connectivity index (χ0v) is 13.4. The van der Waals surface area contributed by atoms with E-state index in [1.165, 1.54) is 6.26 Å². The van der Waals surface area contributed by atoms with Crippen LogP contribution in [-0.4, -0.2) is 29.3 Å². The summed E-state index contributed by atoms with van der Waals surface area (Å²) < 4.78 is 6.08. The minimum atomic E-state index is -0.457. The van der Waals surface area contributed by atoms with Crippen LogP contribution < -0.4 is 5.32 Å². The van der Waals surface area contributed by atoms with Crippen LogP contribution in [0.3, 0.4) is 0 Å². The fraction of sp³-hybridized carbons (Fsp3) is 0.250. The number of carbonyl (C=O) groups excluding carboxylic acids is 2. The first-order valence-corrected chi connectivity index (χ1v) is 7.85. The van der Waals surface area contributed by atoms with Crippen LogP contribution in [0.5, 0.6) is 0 Å². The van der Waals surface area contributed by atoms with E-state index < -0.39 is 6.04 Å². The minimum Gasteiger partial charge on any atom is -0.459 e. The molecular formula is C16H15BrN2O3. The number of hydrogen-bond donors (Lipinski definition) is 1. The summed E-state index contributed by atoms with van der Waals surface area (Å²) in [7, 11) is 0. The summed E-state index contributed by atoms with van der Waals surface area (Å²) in [5, 5.41) is 2.86. The second-order valence-electron chi connectivity index (χ2n) is 5.13. The fourth-order valence-electron chi connectivity index (χ4n) is 2.58. The number of anilines is 1. The zero-order valence-electron chi connectivity index (χ0n) is 11.8. The van der Waals surface area contributed by atoms with Crippen LogP contribution in [0.25, 0.3) is 0 Å². The monoisotopic (exact) mass is 362 g/mol. The maximum atomic E-state index is 12.4. The Morgan fingerprint density at radius 3 is 2.68 bits per heavy atom. The molecule has 2 amide bonds. The molecule has 0 saturated carbocycles. The molecule has 3 rings (SSSR count). The number of nitrogens with one attached hydrogen (secondary N) is 1. The highest BCUT2D eigenvalue weighted by atomic mass is 79.9. The maximum Gasteiger partial charge on any atom is 0.290 e. The molecule has 0 bridgehead atoms. The summed E-state index contributed by atoms with van der Waals surface area (Å²) in [6.45, 7) is 0.567. The average Bonchev–Trinajstić information content (AvgIpc) is 3.20. The Morgan fingerprint density at radius 1 is 1.23 bits per heavy atom. The van der Waals surface area contributed by atoms with Crippen molar-refractivity contribution in [2.45, 2.75) is 18.9 Å². The maximum absolute atomic E-state index is 12.4. The highest BCUT2D eigenvalue weighted by Gasteiger charge is 2.35. The molecule has 0 radical (unpaired) electrons. The number of likely N-dealkylation sites (tertiary alicyclic amines) is 1. The summed E-state index contributed by atoms with van der Waals surface area (Å²) in [6.07, 6.45) is 2.93. The van der Waals surface area contributed by atoms with Gasteiger partial charge in [-0.25, -0.2) is 0 Å². The lowest BCUT2D eigenvalue weighted by Gasteiger charge is -2.23. The zero-order chi connectivity index (χ0) is 15.5. The lowest BCUT2D eigenvalue weighted by molar-refractivity contribution is -0.119. The van der Waals surface area contributed by atoms with Crippen LogP contribution in [-0.2, 0) is 4.79 Å². The van der Waals surface area contributed by atoms with Gasteiger partial charge in [-0.15, -0.1) is 0 Å². The quantitative estimate of drug-likeness (QED) is 0.910. The van der Waals surface area contributed by atoms with E-state index >= 15 is 0 Å². The first kappa shape index (κ1) is 14.8. The highest BCUT2D eigenvalue weighted by Crippen LogP contribution is 2.22. The van der Waals surface area contributed by atoms with E-state index in [4.69, 9.17) is 4.42 Å². The number of halogens is 1. The molecule has 1 aliphatic heterocycles. The van der Waals surface area contributed by atoms with Gasteiger partial charge < -0.3 is 14.6 Å². The largest absolute Gasteiger partial charge is 0.459 e. The van der Waals surface area contributed by atoms with Crippen molar-refractivity contribution >= 4 is 33.4 Å². The molecule has 2 heterocycles. The number of amides is 2. The van der Waals surface area contributed by atoms with E-state index in [9.17, 15) is 9.59 Å². The topological polar surface area (TPSA) is 62.6 Å². The van der Waals surface area contributed by atoms with Gasteiger partial charge in [0.25, 0.3) is 5.91 Å². The van der Waals surface area contributed by atoms with Crippen LogP contribution >= 0.6 is 15.9 Å². The molecular weight excluding hydrogens is 348 g/mol. The van der Waals surface area contributed by atoms with Gasteiger partial charge in [0.2, 0.25) is 5.91 Å². The van der Waals surface area contributed by atoms with Crippen LogP contribution in [0.15, 0.2) is 51.6 Å². The highest BCUT2D eigenvalue weighted by molar-refractivity contribution is 9.10. The molecule has 1 fully saturated rings. The van der Waals surface area contributed by atoms with Crippen molar-refractivity contribution in [2.75, 3.05) is 11.9 Å². The number of rotatable bonds is 3. The van der Waals surface area contributed by atoms with Crippen molar-refractivity contribution in [3.05, 3.63) is 52.9 Å². The Kier molecular flexibility index (Phi) is 4.29. The van der Waals surface area contributed by atoms with E-state index in [1.807, 2.05) is 24.3 Å². The van der Waals surface area contributed by atoms with Crippen molar-refractivity contribution < 1.29 is 14.0 Å². The van der Waals surface area contributed by atoms with E-state index in [0.717, 1.165) is 10.9 Å². The molecule has 5 nitrogen and oxygen atoms in total. The molecule has 0 aliphatic carbocycles. The summed E-state index contributed by atoms with van der Waals surface area (Å²) in [5.74, 6) is -0.137. The predicted molar refractivity (Wildman–Crippen MR) is 85.5 cm³/mol. The summed E-state index contributed by atoms with van der Waals surface area (Å²) >= 11 is 3.35. The SMILES string of the molecule is O=C(Nc1ccc(Br)cc1)C1CCCN1C(=O)c1ccco1.